The van der Waals surface area contributed by atoms with Crippen LogP contribution in [0.1, 0.15) is 11.1 Å². The molecule has 6 aromatic carbocycles. The minimum atomic E-state index is 0.611. The van der Waals surface area contributed by atoms with Crippen molar-refractivity contribution >= 4 is 39.2 Å². The van der Waals surface area contributed by atoms with Gasteiger partial charge < -0.3 is 9.32 Å². The third-order valence-corrected chi connectivity index (χ3v) is 8.41. The molecule has 5 heteroatoms. The first kappa shape index (κ1) is 27.5. The molecular formula is C41H30N4O. The van der Waals surface area contributed by atoms with Crippen molar-refractivity contribution in [1.82, 2.24) is 15.0 Å². The minimum Gasteiger partial charge on any atom is -0.436 e. The van der Waals surface area contributed by atoms with Crippen molar-refractivity contribution in [3.63, 3.8) is 0 Å². The van der Waals surface area contributed by atoms with Crippen LogP contribution in [0.3, 0.4) is 0 Å². The molecule has 0 aliphatic carbocycles. The number of benzene rings is 6. The first-order valence-electron chi connectivity index (χ1n) is 15.4. The van der Waals surface area contributed by atoms with E-state index in [1.807, 2.05) is 48.5 Å². The van der Waals surface area contributed by atoms with Crippen LogP contribution in [0.2, 0.25) is 0 Å². The van der Waals surface area contributed by atoms with Gasteiger partial charge in [-0.15, -0.1) is 0 Å². The highest BCUT2D eigenvalue weighted by atomic mass is 16.3. The Kier molecular flexibility index (Phi) is 6.84. The maximum absolute atomic E-state index is 6.02. The van der Waals surface area contributed by atoms with Gasteiger partial charge in [0.25, 0.3) is 0 Å². The Bertz CT molecular complexity index is 2280. The number of anilines is 3. The van der Waals surface area contributed by atoms with Crippen molar-refractivity contribution in [2.75, 3.05) is 4.90 Å². The predicted octanol–water partition coefficient (Wildman–Crippen LogP) is 10.9. The molecule has 8 aromatic rings. The second kappa shape index (κ2) is 11.5. The maximum atomic E-state index is 6.02. The second-order valence-electron chi connectivity index (χ2n) is 11.5. The van der Waals surface area contributed by atoms with Crippen molar-refractivity contribution in [3.05, 3.63) is 157 Å². The van der Waals surface area contributed by atoms with Gasteiger partial charge in [0.05, 0.1) is 22.4 Å². The summed E-state index contributed by atoms with van der Waals surface area (Å²) in [6, 6.07) is 49.7. The Hall–Kier alpha value is -6.07. The van der Waals surface area contributed by atoms with Crippen molar-refractivity contribution in [2.24, 2.45) is 0 Å². The Morgan fingerprint density at radius 3 is 1.50 bits per heavy atom. The summed E-state index contributed by atoms with van der Waals surface area (Å²) in [5, 5.41) is 0. The lowest BCUT2D eigenvalue weighted by atomic mass is 10.0. The third kappa shape index (κ3) is 5.08. The number of rotatable bonds is 6. The number of para-hydroxylation sites is 3. The quantitative estimate of drug-likeness (QED) is 0.192. The fourth-order valence-electron chi connectivity index (χ4n) is 5.85. The summed E-state index contributed by atoms with van der Waals surface area (Å²) in [6.07, 6.45) is 0. The van der Waals surface area contributed by atoms with Crippen molar-refractivity contribution < 1.29 is 4.42 Å². The molecule has 0 fully saturated rings. The molecule has 0 unspecified atom stereocenters. The highest BCUT2D eigenvalue weighted by Crippen LogP contribution is 2.38. The van der Waals surface area contributed by atoms with E-state index in [9.17, 15) is 0 Å². The van der Waals surface area contributed by atoms with Crippen LogP contribution < -0.4 is 4.90 Å². The molecule has 0 saturated carbocycles. The number of aromatic nitrogens is 3. The van der Waals surface area contributed by atoms with Crippen LogP contribution in [-0.2, 0) is 0 Å². The van der Waals surface area contributed by atoms with Gasteiger partial charge in [0, 0.05) is 33.8 Å². The Labute approximate surface area is 267 Å². The van der Waals surface area contributed by atoms with Crippen LogP contribution in [0.25, 0.3) is 56.1 Å². The summed E-state index contributed by atoms with van der Waals surface area (Å²) in [5.74, 6) is 0.611. The fourth-order valence-corrected chi connectivity index (χ4v) is 5.85. The average Bonchev–Trinajstić information content (AvgIpc) is 3.55. The van der Waals surface area contributed by atoms with Crippen LogP contribution in [-0.4, -0.2) is 15.0 Å². The first-order chi connectivity index (χ1) is 22.6. The van der Waals surface area contributed by atoms with Gasteiger partial charge in [-0.2, -0.15) is 0 Å². The summed E-state index contributed by atoms with van der Waals surface area (Å²) in [7, 11) is 0. The lowest BCUT2D eigenvalue weighted by Gasteiger charge is -2.25. The molecule has 0 bridgehead atoms. The molecule has 0 amide bonds. The molecule has 0 aliphatic rings. The maximum Gasteiger partial charge on any atom is 0.227 e. The number of fused-ring (bicyclic) bond motifs is 2. The Morgan fingerprint density at radius 2 is 0.913 bits per heavy atom. The van der Waals surface area contributed by atoms with Gasteiger partial charge in [0.15, 0.2) is 5.58 Å². The topological polar surface area (TPSA) is 55.1 Å². The number of hydrogen-bond donors (Lipinski definition) is 0. The molecule has 0 atom stereocenters. The van der Waals surface area contributed by atoms with E-state index < -0.39 is 0 Å². The molecule has 0 N–H and O–H groups in total. The smallest absolute Gasteiger partial charge is 0.227 e. The van der Waals surface area contributed by atoms with E-state index in [-0.39, 0.29) is 0 Å². The van der Waals surface area contributed by atoms with Crippen LogP contribution in [0.5, 0.6) is 0 Å². The molecular weight excluding hydrogens is 564 g/mol. The van der Waals surface area contributed by atoms with Gasteiger partial charge in [0.1, 0.15) is 5.52 Å². The van der Waals surface area contributed by atoms with E-state index in [4.69, 9.17) is 14.4 Å². The summed E-state index contributed by atoms with van der Waals surface area (Å²) in [6.45, 7) is 4.24. The van der Waals surface area contributed by atoms with Crippen molar-refractivity contribution in [3.8, 4) is 34.0 Å². The summed E-state index contributed by atoms with van der Waals surface area (Å²) in [4.78, 5) is 17.2. The zero-order chi connectivity index (χ0) is 31.0. The van der Waals surface area contributed by atoms with Crippen LogP contribution in [0, 0.1) is 13.8 Å². The minimum absolute atomic E-state index is 0.611. The first-order valence-corrected chi connectivity index (χ1v) is 15.4. The van der Waals surface area contributed by atoms with Crippen LogP contribution in [0.4, 0.5) is 17.1 Å². The zero-order valence-corrected chi connectivity index (χ0v) is 25.6. The van der Waals surface area contributed by atoms with E-state index in [2.05, 4.69) is 121 Å². The lowest BCUT2D eigenvalue weighted by Crippen LogP contribution is -2.09. The van der Waals surface area contributed by atoms with E-state index in [0.717, 1.165) is 67.3 Å². The summed E-state index contributed by atoms with van der Waals surface area (Å²) in [5.41, 5.74) is 13.7. The van der Waals surface area contributed by atoms with Gasteiger partial charge in [-0.1, -0.05) is 72.8 Å². The monoisotopic (exact) mass is 594 g/mol. The molecule has 5 nitrogen and oxygen atoms in total. The number of hydrogen-bond acceptors (Lipinski definition) is 5. The number of oxazole rings is 1. The van der Waals surface area contributed by atoms with E-state index >= 15 is 0 Å². The van der Waals surface area contributed by atoms with Gasteiger partial charge in [0.2, 0.25) is 5.89 Å². The van der Waals surface area contributed by atoms with Crippen LogP contribution in [0.15, 0.2) is 150 Å². The molecule has 0 radical (unpaired) electrons. The highest BCUT2D eigenvalue weighted by molar-refractivity contribution is 5.88. The SMILES string of the molecule is Cc1cc2nc(-c3ccccc3)c(-c3ccc(N(c4ccccc4)c4ccc(-c5nc6ccccc6o5)cc4)cc3)nc2cc1C. The average molecular weight is 595 g/mol. The number of aryl methyl sites for hydroxylation is 2. The van der Waals surface area contributed by atoms with E-state index in [1.165, 1.54) is 11.1 Å². The summed E-state index contributed by atoms with van der Waals surface area (Å²) >= 11 is 0. The number of nitrogens with zero attached hydrogens (tertiary/aromatic N) is 4. The van der Waals surface area contributed by atoms with E-state index in [1.54, 1.807) is 0 Å². The molecule has 8 rings (SSSR count). The highest BCUT2D eigenvalue weighted by Gasteiger charge is 2.17. The second-order valence-corrected chi connectivity index (χ2v) is 11.5. The largest absolute Gasteiger partial charge is 0.436 e. The molecule has 2 heterocycles. The third-order valence-electron chi connectivity index (χ3n) is 8.41. The lowest BCUT2D eigenvalue weighted by molar-refractivity contribution is 0.620. The molecule has 0 spiro atoms. The molecule has 2 aromatic heterocycles. The molecule has 0 aliphatic heterocycles. The molecule has 46 heavy (non-hydrogen) atoms. The predicted molar refractivity (Wildman–Crippen MR) is 188 cm³/mol. The normalized spacial score (nSPS) is 11.3. The Morgan fingerprint density at radius 1 is 0.435 bits per heavy atom. The standard InChI is InChI=1S/C41H30N4O/c1-27-25-36-37(26-28(27)2)43-40(39(42-36)29-11-5-3-6-12-29)30-17-21-33(22-18-30)45(32-13-7-4-8-14-32)34-23-19-31(20-24-34)41-44-35-15-9-10-16-38(35)46-41/h3-26H,1-2H3. The molecule has 220 valence electrons. The Balaban J connectivity index is 1.20. The van der Waals surface area contributed by atoms with E-state index in [0.29, 0.717) is 5.89 Å². The molecule has 0 saturated heterocycles. The van der Waals surface area contributed by atoms with Gasteiger partial charge in [-0.05, 0) is 97.8 Å². The van der Waals surface area contributed by atoms with Gasteiger partial charge in [-0.3, -0.25) is 0 Å². The van der Waals surface area contributed by atoms with Crippen LogP contribution >= 0.6 is 0 Å². The zero-order valence-electron chi connectivity index (χ0n) is 25.6. The van der Waals surface area contributed by atoms with Crippen molar-refractivity contribution in [1.29, 1.82) is 0 Å². The summed E-state index contributed by atoms with van der Waals surface area (Å²) < 4.78 is 6.02. The van der Waals surface area contributed by atoms with Crippen molar-refractivity contribution in [2.45, 2.75) is 13.8 Å². The fraction of sp³-hybridized carbons (Fsp3) is 0.0488. The van der Waals surface area contributed by atoms with Gasteiger partial charge >= 0.3 is 0 Å². The van der Waals surface area contributed by atoms with Gasteiger partial charge in [-0.25, -0.2) is 15.0 Å².